The van der Waals surface area contributed by atoms with Crippen LogP contribution in [0, 0.1) is 0 Å². The van der Waals surface area contributed by atoms with Gasteiger partial charge in [-0.2, -0.15) is 0 Å². The van der Waals surface area contributed by atoms with E-state index in [1.807, 2.05) is 48.5 Å². The maximum Gasteiger partial charge on any atom is 0.408 e. The molecule has 0 radical (unpaired) electrons. The van der Waals surface area contributed by atoms with Crippen LogP contribution in [-0.2, 0) is 20.9 Å². The summed E-state index contributed by atoms with van der Waals surface area (Å²) < 4.78 is 17.0. The number of carboxylic acids is 1. The van der Waals surface area contributed by atoms with Crippen LogP contribution in [0.4, 0.5) is 4.79 Å². The van der Waals surface area contributed by atoms with Crippen molar-refractivity contribution in [1.29, 1.82) is 0 Å². The molecule has 0 aliphatic heterocycles. The molecular formula is C33H31NO6. The summed E-state index contributed by atoms with van der Waals surface area (Å²) >= 11 is 0. The molecule has 40 heavy (non-hydrogen) atoms. The van der Waals surface area contributed by atoms with Gasteiger partial charge in [0.2, 0.25) is 0 Å². The summed E-state index contributed by atoms with van der Waals surface area (Å²) in [5.74, 6) is -1.19. The predicted molar refractivity (Wildman–Crippen MR) is 155 cm³/mol. The molecule has 0 spiro atoms. The summed E-state index contributed by atoms with van der Waals surface area (Å²) in [6, 6.07) is 29.3. The Labute approximate surface area is 232 Å². The monoisotopic (exact) mass is 537 g/mol. The van der Waals surface area contributed by atoms with Crippen molar-refractivity contribution in [3.05, 3.63) is 96.6 Å². The highest BCUT2D eigenvalue weighted by molar-refractivity contribution is 6.09. The van der Waals surface area contributed by atoms with Crippen LogP contribution in [-0.4, -0.2) is 35.4 Å². The van der Waals surface area contributed by atoms with Crippen LogP contribution in [0.3, 0.4) is 0 Å². The van der Waals surface area contributed by atoms with E-state index in [1.54, 1.807) is 20.8 Å². The van der Waals surface area contributed by atoms with Crippen LogP contribution < -0.4 is 5.32 Å². The number of rotatable bonds is 8. The lowest BCUT2D eigenvalue weighted by molar-refractivity contribution is -0.141. The fourth-order valence-corrected chi connectivity index (χ4v) is 4.55. The fraction of sp³-hybridized carbons (Fsp3) is 0.212. The van der Waals surface area contributed by atoms with E-state index >= 15 is 0 Å². The fourth-order valence-electron chi connectivity index (χ4n) is 4.55. The number of carboxylic acid groups (broad SMARTS) is 1. The van der Waals surface area contributed by atoms with Crippen LogP contribution in [0.15, 0.2) is 95.4 Å². The molecular weight excluding hydrogens is 506 g/mol. The zero-order valence-corrected chi connectivity index (χ0v) is 22.6. The predicted octanol–water partition coefficient (Wildman–Crippen LogP) is 7.41. The summed E-state index contributed by atoms with van der Waals surface area (Å²) in [5, 5.41) is 14.0. The van der Waals surface area contributed by atoms with Crippen molar-refractivity contribution in [3.63, 3.8) is 0 Å². The number of benzene rings is 4. The maximum absolute atomic E-state index is 11.9. The van der Waals surface area contributed by atoms with Gasteiger partial charge in [0.25, 0.3) is 0 Å². The first-order valence-electron chi connectivity index (χ1n) is 13.1. The Balaban J connectivity index is 1.27. The quantitative estimate of drug-likeness (QED) is 0.214. The van der Waals surface area contributed by atoms with Gasteiger partial charge in [-0.1, -0.05) is 78.9 Å². The van der Waals surface area contributed by atoms with Crippen molar-refractivity contribution >= 4 is 34.0 Å². The van der Waals surface area contributed by atoms with Crippen LogP contribution >= 0.6 is 0 Å². The van der Waals surface area contributed by atoms with Gasteiger partial charge in [-0.3, -0.25) is 0 Å². The molecule has 0 saturated heterocycles. The van der Waals surface area contributed by atoms with E-state index < -0.39 is 23.7 Å². The molecule has 1 aromatic heterocycles. The number of para-hydroxylation sites is 2. The van der Waals surface area contributed by atoms with E-state index in [1.165, 1.54) is 0 Å². The molecule has 1 unspecified atom stereocenters. The molecule has 0 aliphatic carbocycles. The largest absolute Gasteiger partial charge is 0.480 e. The van der Waals surface area contributed by atoms with Gasteiger partial charge in [0.15, 0.2) is 6.04 Å². The normalized spacial score (nSPS) is 12.4. The lowest BCUT2D eigenvalue weighted by atomic mass is 9.97. The minimum absolute atomic E-state index is 0.189. The van der Waals surface area contributed by atoms with Crippen LogP contribution in [0.1, 0.15) is 26.3 Å². The van der Waals surface area contributed by atoms with Gasteiger partial charge in [-0.15, -0.1) is 0 Å². The molecule has 0 bridgehead atoms. The Morgan fingerprint density at radius 2 is 1.55 bits per heavy atom. The Hall–Kier alpha value is -4.62. The van der Waals surface area contributed by atoms with Crippen LogP contribution in [0.5, 0.6) is 0 Å². The number of furan rings is 1. The van der Waals surface area contributed by atoms with E-state index in [-0.39, 0.29) is 13.2 Å². The average molecular weight is 538 g/mol. The van der Waals surface area contributed by atoms with Gasteiger partial charge < -0.3 is 24.3 Å². The van der Waals surface area contributed by atoms with Crippen molar-refractivity contribution in [3.8, 4) is 22.3 Å². The van der Waals surface area contributed by atoms with E-state index in [2.05, 4.69) is 47.8 Å². The summed E-state index contributed by atoms with van der Waals surface area (Å²) in [5.41, 5.74) is 6.09. The first-order chi connectivity index (χ1) is 19.2. The Morgan fingerprint density at radius 1 is 0.850 bits per heavy atom. The third kappa shape index (κ3) is 6.16. The number of aliphatic carboxylic acids is 1. The lowest BCUT2D eigenvalue weighted by Gasteiger charge is -2.22. The highest BCUT2D eigenvalue weighted by atomic mass is 16.6. The molecule has 5 rings (SSSR count). The number of carbonyl (C=O) groups is 2. The second kappa shape index (κ2) is 11.2. The molecule has 204 valence electrons. The van der Waals surface area contributed by atoms with E-state index in [4.69, 9.17) is 13.9 Å². The van der Waals surface area contributed by atoms with Gasteiger partial charge in [0.1, 0.15) is 16.8 Å². The van der Waals surface area contributed by atoms with Crippen molar-refractivity contribution in [1.82, 2.24) is 5.32 Å². The highest BCUT2D eigenvalue weighted by Crippen LogP contribution is 2.36. The van der Waals surface area contributed by atoms with Crippen molar-refractivity contribution in [2.75, 3.05) is 6.61 Å². The minimum Gasteiger partial charge on any atom is -0.480 e. The number of alkyl carbamates (subject to hydrolysis) is 1. The number of hydrogen-bond donors (Lipinski definition) is 2. The Bertz CT molecular complexity index is 1660. The molecule has 0 saturated carbocycles. The molecule has 1 amide bonds. The maximum atomic E-state index is 11.9. The van der Waals surface area contributed by atoms with Gasteiger partial charge in [-0.25, -0.2) is 9.59 Å². The standard InChI is InChI=1S/C33H31NO6/c1-33(2,3)40-32(37)34-28(31(35)36)20-38-19-21-14-16-22(17-15-21)23-8-6-9-24(18-23)25-11-7-12-27-26-10-4-5-13-29(26)39-30(25)27/h4-18,28H,19-20H2,1-3H3,(H,34,37)(H,35,36). The number of ether oxygens (including phenoxy) is 2. The molecule has 4 aromatic carbocycles. The summed E-state index contributed by atoms with van der Waals surface area (Å²) in [7, 11) is 0. The number of fused-ring (bicyclic) bond motifs is 3. The van der Waals surface area contributed by atoms with Crippen molar-refractivity contribution < 1.29 is 28.6 Å². The third-order valence-corrected chi connectivity index (χ3v) is 6.41. The van der Waals surface area contributed by atoms with E-state index in [0.717, 1.165) is 49.8 Å². The number of amides is 1. The minimum atomic E-state index is -1.21. The summed E-state index contributed by atoms with van der Waals surface area (Å²) in [6.45, 7) is 5.14. The van der Waals surface area contributed by atoms with Gasteiger partial charge in [0, 0.05) is 16.3 Å². The van der Waals surface area contributed by atoms with Crippen LogP contribution in [0.2, 0.25) is 0 Å². The van der Waals surface area contributed by atoms with Gasteiger partial charge in [0.05, 0.1) is 13.2 Å². The Kier molecular flexibility index (Phi) is 7.58. The lowest BCUT2D eigenvalue weighted by Crippen LogP contribution is -2.46. The first-order valence-corrected chi connectivity index (χ1v) is 13.1. The SMILES string of the molecule is CC(C)(C)OC(=O)NC(COCc1ccc(-c2cccc(-c3cccc4c3oc3ccccc34)c2)cc1)C(=O)O. The molecule has 7 nitrogen and oxygen atoms in total. The van der Waals surface area contributed by atoms with Crippen molar-refractivity contribution in [2.45, 2.75) is 39.0 Å². The van der Waals surface area contributed by atoms with E-state index in [9.17, 15) is 14.7 Å². The van der Waals surface area contributed by atoms with E-state index in [0.29, 0.717) is 0 Å². The molecule has 5 aromatic rings. The number of hydrogen-bond acceptors (Lipinski definition) is 5. The highest BCUT2D eigenvalue weighted by Gasteiger charge is 2.24. The summed E-state index contributed by atoms with van der Waals surface area (Å²) in [4.78, 5) is 23.5. The first kappa shape index (κ1) is 27.0. The van der Waals surface area contributed by atoms with Crippen LogP contribution in [0.25, 0.3) is 44.2 Å². The third-order valence-electron chi connectivity index (χ3n) is 6.41. The topological polar surface area (TPSA) is 98.0 Å². The van der Waals surface area contributed by atoms with Gasteiger partial charge in [-0.05, 0) is 55.2 Å². The molecule has 7 heteroatoms. The van der Waals surface area contributed by atoms with Gasteiger partial charge >= 0.3 is 12.1 Å². The molecule has 1 heterocycles. The zero-order valence-electron chi connectivity index (χ0n) is 22.6. The average Bonchev–Trinajstić information content (AvgIpc) is 3.31. The number of nitrogens with one attached hydrogen (secondary N) is 1. The molecule has 0 aliphatic rings. The zero-order chi connectivity index (χ0) is 28.3. The molecule has 2 N–H and O–H groups in total. The molecule has 1 atom stereocenters. The smallest absolute Gasteiger partial charge is 0.408 e. The molecule has 0 fully saturated rings. The van der Waals surface area contributed by atoms with Crippen molar-refractivity contribution in [2.24, 2.45) is 0 Å². The Morgan fingerprint density at radius 3 is 2.30 bits per heavy atom. The second-order valence-corrected chi connectivity index (χ2v) is 10.6. The second-order valence-electron chi connectivity index (χ2n) is 10.6. The number of carbonyl (C=O) groups excluding carboxylic acids is 1. The summed E-state index contributed by atoms with van der Waals surface area (Å²) in [6.07, 6.45) is -0.799.